The molecule has 0 bridgehead atoms. The van der Waals surface area contributed by atoms with Crippen molar-refractivity contribution in [3.8, 4) is 5.75 Å². The molecule has 1 heterocycles. The molecule has 0 aliphatic heterocycles. The number of benzene rings is 1. The van der Waals surface area contributed by atoms with Crippen molar-refractivity contribution in [1.29, 1.82) is 0 Å². The van der Waals surface area contributed by atoms with Crippen molar-refractivity contribution in [1.82, 2.24) is 10.3 Å². The number of oxazole rings is 1. The lowest BCUT2D eigenvalue weighted by molar-refractivity contribution is -0.121. The van der Waals surface area contributed by atoms with Crippen LogP contribution in [0.5, 0.6) is 5.75 Å². The van der Waals surface area contributed by atoms with Crippen LogP contribution >= 0.6 is 0 Å². The Balaban J connectivity index is 1.75. The van der Waals surface area contributed by atoms with Crippen molar-refractivity contribution in [3.63, 3.8) is 0 Å². The summed E-state index contributed by atoms with van der Waals surface area (Å²) >= 11 is 0. The van der Waals surface area contributed by atoms with Gasteiger partial charge in [0.2, 0.25) is 11.8 Å². The second-order valence-electron chi connectivity index (χ2n) is 5.39. The SMILES string of the molecule is Cc1ccc(C)c(OCCC(=O)NCc2nc(C)c(C)o2)c1. The first-order chi connectivity index (χ1) is 10.5. The van der Waals surface area contributed by atoms with Crippen LogP contribution < -0.4 is 10.1 Å². The van der Waals surface area contributed by atoms with Gasteiger partial charge in [-0.15, -0.1) is 0 Å². The highest BCUT2D eigenvalue weighted by molar-refractivity contribution is 5.75. The van der Waals surface area contributed by atoms with Crippen molar-refractivity contribution in [3.05, 3.63) is 46.7 Å². The maximum absolute atomic E-state index is 11.8. The van der Waals surface area contributed by atoms with Crippen LogP contribution in [0.15, 0.2) is 22.6 Å². The van der Waals surface area contributed by atoms with Gasteiger partial charge in [-0.1, -0.05) is 12.1 Å². The zero-order valence-electron chi connectivity index (χ0n) is 13.5. The van der Waals surface area contributed by atoms with Gasteiger partial charge >= 0.3 is 0 Å². The summed E-state index contributed by atoms with van der Waals surface area (Å²) in [5.74, 6) is 2.05. The quantitative estimate of drug-likeness (QED) is 0.891. The van der Waals surface area contributed by atoms with E-state index in [2.05, 4.69) is 10.3 Å². The fourth-order valence-electron chi connectivity index (χ4n) is 1.99. The van der Waals surface area contributed by atoms with E-state index in [-0.39, 0.29) is 5.91 Å². The lowest BCUT2D eigenvalue weighted by Crippen LogP contribution is -2.24. The number of carbonyl (C=O) groups excluding carboxylic acids is 1. The zero-order chi connectivity index (χ0) is 16.1. The molecule has 1 N–H and O–H groups in total. The number of carbonyl (C=O) groups is 1. The third-order valence-electron chi connectivity index (χ3n) is 3.44. The largest absolute Gasteiger partial charge is 0.493 e. The summed E-state index contributed by atoms with van der Waals surface area (Å²) < 4.78 is 11.1. The molecule has 0 spiro atoms. The molecule has 0 aliphatic rings. The average molecular weight is 302 g/mol. The lowest BCUT2D eigenvalue weighted by atomic mass is 10.1. The molecule has 0 atom stereocenters. The molecule has 0 radical (unpaired) electrons. The molecule has 22 heavy (non-hydrogen) atoms. The third kappa shape index (κ3) is 4.35. The topological polar surface area (TPSA) is 64.4 Å². The van der Waals surface area contributed by atoms with E-state index in [1.165, 1.54) is 0 Å². The van der Waals surface area contributed by atoms with Gasteiger partial charge in [0.05, 0.1) is 25.3 Å². The van der Waals surface area contributed by atoms with Crippen molar-refractivity contribution in [2.75, 3.05) is 6.61 Å². The Morgan fingerprint density at radius 2 is 2.05 bits per heavy atom. The van der Waals surface area contributed by atoms with Crippen molar-refractivity contribution in [2.24, 2.45) is 0 Å². The van der Waals surface area contributed by atoms with Gasteiger partial charge in [-0.3, -0.25) is 4.79 Å². The monoisotopic (exact) mass is 302 g/mol. The van der Waals surface area contributed by atoms with Gasteiger partial charge in [0.15, 0.2) is 0 Å². The first kappa shape index (κ1) is 16.1. The molecule has 2 rings (SSSR count). The summed E-state index contributed by atoms with van der Waals surface area (Å²) in [4.78, 5) is 16.0. The minimum Gasteiger partial charge on any atom is -0.493 e. The van der Waals surface area contributed by atoms with Crippen molar-refractivity contribution >= 4 is 5.91 Å². The normalized spacial score (nSPS) is 10.5. The van der Waals surface area contributed by atoms with Crippen LogP contribution in [0.1, 0.15) is 34.9 Å². The van der Waals surface area contributed by atoms with E-state index >= 15 is 0 Å². The number of hydrogen-bond acceptors (Lipinski definition) is 4. The molecule has 0 saturated heterocycles. The van der Waals surface area contributed by atoms with Gasteiger partial charge in [0, 0.05) is 0 Å². The highest BCUT2D eigenvalue weighted by Crippen LogP contribution is 2.19. The minimum absolute atomic E-state index is 0.0844. The molecule has 1 aromatic carbocycles. The molecule has 0 aliphatic carbocycles. The molecule has 118 valence electrons. The van der Waals surface area contributed by atoms with Gasteiger partial charge < -0.3 is 14.5 Å². The molecule has 0 unspecified atom stereocenters. The Morgan fingerprint density at radius 1 is 1.27 bits per heavy atom. The Morgan fingerprint density at radius 3 is 2.73 bits per heavy atom. The molecule has 2 aromatic rings. The smallest absolute Gasteiger partial charge is 0.223 e. The second kappa shape index (κ2) is 7.11. The maximum Gasteiger partial charge on any atom is 0.223 e. The minimum atomic E-state index is -0.0844. The summed E-state index contributed by atoms with van der Waals surface area (Å²) in [6.07, 6.45) is 0.298. The Labute approximate surface area is 130 Å². The Bertz CT molecular complexity index is 642. The Kier molecular flexibility index (Phi) is 5.20. The van der Waals surface area contributed by atoms with Crippen LogP contribution in [0.2, 0.25) is 0 Å². The summed E-state index contributed by atoms with van der Waals surface area (Å²) in [5, 5.41) is 2.78. The van der Waals surface area contributed by atoms with Crippen molar-refractivity contribution < 1.29 is 13.9 Å². The summed E-state index contributed by atoms with van der Waals surface area (Å²) in [6.45, 7) is 8.38. The molecule has 1 amide bonds. The van der Waals surface area contributed by atoms with Crippen LogP contribution in [0, 0.1) is 27.7 Å². The molecule has 0 fully saturated rings. The number of amides is 1. The number of rotatable bonds is 6. The van der Waals surface area contributed by atoms with Gasteiger partial charge in [-0.05, 0) is 44.9 Å². The number of nitrogens with zero attached hydrogens (tertiary/aromatic N) is 1. The third-order valence-corrected chi connectivity index (χ3v) is 3.44. The highest BCUT2D eigenvalue weighted by Gasteiger charge is 2.08. The van der Waals surface area contributed by atoms with Crippen LogP contribution in [-0.4, -0.2) is 17.5 Å². The second-order valence-corrected chi connectivity index (χ2v) is 5.39. The van der Waals surface area contributed by atoms with Crippen LogP contribution in [0.3, 0.4) is 0 Å². The van der Waals surface area contributed by atoms with Gasteiger partial charge in [0.25, 0.3) is 0 Å². The lowest BCUT2D eigenvalue weighted by Gasteiger charge is -2.09. The molecular formula is C17H22N2O3. The number of nitrogens with one attached hydrogen (secondary N) is 1. The Hall–Kier alpha value is -2.30. The highest BCUT2D eigenvalue weighted by atomic mass is 16.5. The zero-order valence-corrected chi connectivity index (χ0v) is 13.5. The standard InChI is InChI=1S/C17H22N2O3/c1-11-5-6-12(2)15(9-11)21-8-7-16(20)18-10-17-19-13(3)14(4)22-17/h5-6,9H,7-8,10H2,1-4H3,(H,18,20). The van der Waals surface area contributed by atoms with E-state index in [0.717, 1.165) is 28.3 Å². The summed E-state index contributed by atoms with van der Waals surface area (Å²) in [7, 11) is 0. The number of aryl methyl sites for hydroxylation is 4. The fraction of sp³-hybridized carbons (Fsp3) is 0.412. The van der Waals surface area contributed by atoms with E-state index < -0.39 is 0 Å². The number of aromatic nitrogens is 1. The van der Waals surface area contributed by atoms with Crippen LogP contribution in [-0.2, 0) is 11.3 Å². The van der Waals surface area contributed by atoms with Crippen LogP contribution in [0.4, 0.5) is 0 Å². The molecule has 1 aromatic heterocycles. The van der Waals surface area contributed by atoms with E-state index in [9.17, 15) is 4.79 Å². The van der Waals surface area contributed by atoms with Crippen molar-refractivity contribution in [2.45, 2.75) is 40.7 Å². The van der Waals surface area contributed by atoms with Gasteiger partial charge in [-0.25, -0.2) is 4.98 Å². The average Bonchev–Trinajstić information content (AvgIpc) is 2.79. The van der Waals surface area contributed by atoms with Gasteiger partial charge in [0.1, 0.15) is 11.5 Å². The van der Waals surface area contributed by atoms with E-state index in [1.807, 2.05) is 45.9 Å². The van der Waals surface area contributed by atoms with Crippen LogP contribution in [0.25, 0.3) is 0 Å². The fourth-order valence-corrected chi connectivity index (χ4v) is 1.99. The predicted octanol–water partition coefficient (Wildman–Crippen LogP) is 2.99. The maximum atomic E-state index is 11.8. The van der Waals surface area contributed by atoms with E-state index in [4.69, 9.17) is 9.15 Å². The first-order valence-corrected chi connectivity index (χ1v) is 7.35. The predicted molar refractivity (Wildman–Crippen MR) is 83.9 cm³/mol. The van der Waals surface area contributed by atoms with E-state index in [1.54, 1.807) is 0 Å². The number of ether oxygens (including phenoxy) is 1. The van der Waals surface area contributed by atoms with E-state index in [0.29, 0.717) is 25.5 Å². The molecule has 5 nitrogen and oxygen atoms in total. The van der Waals surface area contributed by atoms with Gasteiger partial charge in [-0.2, -0.15) is 0 Å². The molecule has 0 saturated carbocycles. The number of hydrogen-bond donors (Lipinski definition) is 1. The summed E-state index contributed by atoms with van der Waals surface area (Å²) in [5.41, 5.74) is 3.05. The first-order valence-electron chi connectivity index (χ1n) is 7.35. The molecular weight excluding hydrogens is 280 g/mol. The summed E-state index contributed by atoms with van der Waals surface area (Å²) in [6, 6.07) is 6.03. The molecule has 5 heteroatoms.